The first-order valence-electron chi connectivity index (χ1n) is 3.71. The molecular weight excluding hydrogens is 150 g/mol. The van der Waals surface area contributed by atoms with Crippen LogP contribution < -0.4 is 5.73 Å². The second kappa shape index (κ2) is 3.91. The zero-order chi connectivity index (χ0) is 8.97. The lowest BCUT2D eigenvalue weighted by atomic mass is 10.1. The van der Waals surface area contributed by atoms with E-state index in [-0.39, 0.29) is 12.6 Å². The summed E-state index contributed by atoms with van der Waals surface area (Å²) in [5, 5.41) is 8.75. The van der Waals surface area contributed by atoms with Gasteiger partial charge in [0, 0.05) is 5.56 Å². The van der Waals surface area contributed by atoms with E-state index < -0.39 is 0 Å². The standard InChI is InChI=1S/C10H11NO/c1-2-8-3-5-9(6-4-8)10(11)7-12/h1,3-6,10,12H,7,11H2/t10-/m0/s1. The molecule has 0 unspecified atom stereocenters. The van der Waals surface area contributed by atoms with Gasteiger partial charge in [-0.2, -0.15) is 0 Å². The summed E-state index contributed by atoms with van der Waals surface area (Å²) in [5.74, 6) is 2.51. The Morgan fingerprint density at radius 1 is 1.42 bits per heavy atom. The molecule has 0 saturated carbocycles. The molecule has 0 aliphatic heterocycles. The number of hydrogen-bond acceptors (Lipinski definition) is 2. The van der Waals surface area contributed by atoms with Gasteiger partial charge in [0.1, 0.15) is 0 Å². The van der Waals surface area contributed by atoms with Crippen LogP contribution >= 0.6 is 0 Å². The van der Waals surface area contributed by atoms with Crippen LogP contribution in [0.25, 0.3) is 0 Å². The number of rotatable bonds is 2. The maximum absolute atomic E-state index is 8.75. The number of benzene rings is 1. The fourth-order valence-electron chi connectivity index (χ4n) is 0.932. The van der Waals surface area contributed by atoms with Crippen molar-refractivity contribution in [3.63, 3.8) is 0 Å². The van der Waals surface area contributed by atoms with Gasteiger partial charge in [-0.25, -0.2) is 0 Å². The molecule has 0 saturated heterocycles. The predicted octanol–water partition coefficient (Wildman–Crippen LogP) is 0.660. The first-order chi connectivity index (χ1) is 5.77. The van der Waals surface area contributed by atoms with Crippen molar-refractivity contribution < 1.29 is 5.11 Å². The molecular formula is C10H11NO. The van der Waals surface area contributed by atoms with E-state index in [1.165, 1.54) is 0 Å². The molecule has 1 atom stereocenters. The quantitative estimate of drug-likeness (QED) is 0.626. The summed E-state index contributed by atoms with van der Waals surface area (Å²) in [6.07, 6.45) is 5.18. The van der Waals surface area contributed by atoms with E-state index in [0.29, 0.717) is 0 Å². The molecule has 0 aliphatic carbocycles. The number of terminal acetylenes is 1. The summed E-state index contributed by atoms with van der Waals surface area (Å²) in [4.78, 5) is 0. The highest BCUT2D eigenvalue weighted by atomic mass is 16.3. The summed E-state index contributed by atoms with van der Waals surface area (Å²) in [7, 11) is 0. The third kappa shape index (κ3) is 1.85. The minimum atomic E-state index is -0.308. The second-order valence-electron chi connectivity index (χ2n) is 2.56. The van der Waals surface area contributed by atoms with Crippen LogP contribution in [0.5, 0.6) is 0 Å². The van der Waals surface area contributed by atoms with E-state index in [4.69, 9.17) is 17.3 Å². The molecule has 0 bridgehead atoms. The molecule has 0 amide bonds. The van der Waals surface area contributed by atoms with Crippen LogP contribution in [0.4, 0.5) is 0 Å². The van der Waals surface area contributed by atoms with Crippen molar-refractivity contribution in [2.24, 2.45) is 5.73 Å². The number of hydrogen-bond donors (Lipinski definition) is 2. The van der Waals surface area contributed by atoms with Gasteiger partial charge in [0.25, 0.3) is 0 Å². The van der Waals surface area contributed by atoms with Crippen LogP contribution in [0.3, 0.4) is 0 Å². The van der Waals surface area contributed by atoms with Gasteiger partial charge in [0.15, 0.2) is 0 Å². The molecule has 0 spiro atoms. The van der Waals surface area contributed by atoms with Crippen LogP contribution in [0.15, 0.2) is 24.3 Å². The van der Waals surface area contributed by atoms with E-state index in [1.807, 2.05) is 24.3 Å². The van der Waals surface area contributed by atoms with Gasteiger partial charge >= 0.3 is 0 Å². The van der Waals surface area contributed by atoms with Gasteiger partial charge in [-0.3, -0.25) is 0 Å². The lowest BCUT2D eigenvalue weighted by Crippen LogP contribution is -2.14. The summed E-state index contributed by atoms with van der Waals surface area (Å²) < 4.78 is 0. The van der Waals surface area contributed by atoms with Gasteiger partial charge in [-0.05, 0) is 17.7 Å². The fourth-order valence-corrected chi connectivity index (χ4v) is 0.932. The maximum Gasteiger partial charge on any atom is 0.0624 e. The van der Waals surface area contributed by atoms with Gasteiger partial charge in [0.05, 0.1) is 12.6 Å². The molecule has 0 radical (unpaired) electrons. The Balaban J connectivity index is 2.86. The summed E-state index contributed by atoms with van der Waals surface area (Å²) in [6.45, 7) is -0.0462. The van der Waals surface area contributed by atoms with Crippen LogP contribution in [0.2, 0.25) is 0 Å². The Morgan fingerprint density at radius 2 is 2.00 bits per heavy atom. The molecule has 3 N–H and O–H groups in total. The smallest absolute Gasteiger partial charge is 0.0624 e. The van der Waals surface area contributed by atoms with Gasteiger partial charge in [-0.15, -0.1) is 6.42 Å². The minimum absolute atomic E-state index is 0.0462. The second-order valence-corrected chi connectivity index (χ2v) is 2.56. The maximum atomic E-state index is 8.75. The average Bonchev–Trinajstić information content (AvgIpc) is 2.17. The summed E-state index contributed by atoms with van der Waals surface area (Å²) in [5.41, 5.74) is 7.31. The molecule has 12 heavy (non-hydrogen) atoms. The Morgan fingerprint density at radius 3 is 2.42 bits per heavy atom. The molecule has 2 heteroatoms. The Hall–Kier alpha value is -1.30. The SMILES string of the molecule is C#Cc1ccc([C@@H](N)CO)cc1. The molecule has 0 aliphatic rings. The van der Waals surface area contributed by atoms with Gasteiger partial charge < -0.3 is 10.8 Å². The van der Waals surface area contributed by atoms with Crippen molar-refractivity contribution in [1.82, 2.24) is 0 Å². The third-order valence-corrected chi connectivity index (χ3v) is 1.70. The zero-order valence-electron chi connectivity index (χ0n) is 6.70. The number of aliphatic hydroxyl groups is 1. The normalized spacial score (nSPS) is 12.1. The largest absolute Gasteiger partial charge is 0.394 e. The minimum Gasteiger partial charge on any atom is -0.394 e. The summed E-state index contributed by atoms with van der Waals surface area (Å²) in [6, 6.07) is 6.97. The third-order valence-electron chi connectivity index (χ3n) is 1.70. The molecule has 0 heterocycles. The van der Waals surface area contributed by atoms with E-state index in [1.54, 1.807) is 0 Å². The van der Waals surface area contributed by atoms with E-state index >= 15 is 0 Å². The molecule has 62 valence electrons. The van der Waals surface area contributed by atoms with Crippen LogP contribution in [0, 0.1) is 12.3 Å². The Bertz CT molecular complexity index is 284. The summed E-state index contributed by atoms with van der Waals surface area (Å²) >= 11 is 0. The van der Waals surface area contributed by atoms with Crippen LogP contribution in [-0.2, 0) is 0 Å². The molecule has 0 aromatic heterocycles. The molecule has 1 aromatic carbocycles. The molecule has 0 fully saturated rings. The van der Waals surface area contributed by atoms with Crippen molar-refractivity contribution in [2.45, 2.75) is 6.04 Å². The Labute approximate surface area is 72.0 Å². The zero-order valence-corrected chi connectivity index (χ0v) is 6.70. The van der Waals surface area contributed by atoms with Gasteiger partial charge in [0.2, 0.25) is 0 Å². The van der Waals surface area contributed by atoms with E-state index in [2.05, 4.69) is 5.92 Å². The highest BCUT2D eigenvalue weighted by molar-refractivity contribution is 5.35. The van der Waals surface area contributed by atoms with E-state index in [0.717, 1.165) is 11.1 Å². The van der Waals surface area contributed by atoms with Gasteiger partial charge in [-0.1, -0.05) is 18.1 Å². The van der Waals surface area contributed by atoms with Crippen molar-refractivity contribution in [3.05, 3.63) is 35.4 Å². The van der Waals surface area contributed by atoms with Crippen molar-refractivity contribution in [2.75, 3.05) is 6.61 Å². The molecule has 1 aromatic rings. The molecule has 1 rings (SSSR count). The van der Waals surface area contributed by atoms with Crippen molar-refractivity contribution in [1.29, 1.82) is 0 Å². The van der Waals surface area contributed by atoms with E-state index in [9.17, 15) is 0 Å². The van der Waals surface area contributed by atoms with Crippen molar-refractivity contribution in [3.8, 4) is 12.3 Å². The number of nitrogens with two attached hydrogens (primary N) is 1. The highest BCUT2D eigenvalue weighted by Crippen LogP contribution is 2.10. The average molecular weight is 161 g/mol. The fraction of sp³-hybridized carbons (Fsp3) is 0.200. The lowest BCUT2D eigenvalue weighted by molar-refractivity contribution is 0.268. The topological polar surface area (TPSA) is 46.2 Å². The highest BCUT2D eigenvalue weighted by Gasteiger charge is 2.02. The van der Waals surface area contributed by atoms with Crippen LogP contribution in [-0.4, -0.2) is 11.7 Å². The predicted molar refractivity (Wildman–Crippen MR) is 48.4 cm³/mol. The first kappa shape index (κ1) is 8.79. The van der Waals surface area contributed by atoms with Crippen LogP contribution in [0.1, 0.15) is 17.2 Å². The molecule has 2 nitrogen and oxygen atoms in total. The monoisotopic (exact) mass is 161 g/mol. The Kier molecular flexibility index (Phi) is 2.87. The van der Waals surface area contributed by atoms with Crippen molar-refractivity contribution >= 4 is 0 Å². The number of aliphatic hydroxyl groups excluding tert-OH is 1. The first-order valence-corrected chi connectivity index (χ1v) is 3.71. The lowest BCUT2D eigenvalue weighted by Gasteiger charge is -2.07.